The topological polar surface area (TPSA) is 451 Å². The summed E-state index contributed by atoms with van der Waals surface area (Å²) < 4.78 is 37.0. The van der Waals surface area contributed by atoms with Crippen molar-refractivity contribution in [1.82, 2.24) is 56.7 Å². The second-order valence-electron chi connectivity index (χ2n) is 18.0. The number of carboxylic acid groups (broad SMARTS) is 1. The van der Waals surface area contributed by atoms with Crippen molar-refractivity contribution in [3.8, 4) is 0 Å². The quantitative estimate of drug-likeness (QED) is 0.00941. The predicted molar refractivity (Wildman–Crippen MR) is 287 cm³/mol. The molecule has 1 aliphatic heterocycles. The average molecular weight is 1160 g/mol. The fourth-order valence-electron chi connectivity index (χ4n) is 7.79. The monoisotopic (exact) mass is 1160 g/mol. The van der Waals surface area contributed by atoms with Gasteiger partial charge >= 0.3 is 35.5 Å². The van der Waals surface area contributed by atoms with Gasteiger partial charge in [0.15, 0.2) is 17.0 Å². The molecule has 5 aromatic rings. The second kappa shape index (κ2) is 30.6. The maximum atomic E-state index is 13.4. The summed E-state index contributed by atoms with van der Waals surface area (Å²) in [4.78, 5) is 142. The number of rotatable bonds is 29. The largest absolute Gasteiger partial charge is 1.00 e. The predicted octanol–water partition coefficient (Wildman–Crippen LogP) is -4.00. The van der Waals surface area contributed by atoms with E-state index in [1.807, 2.05) is 0 Å². The molecule has 2 aromatic heterocycles. The molecule has 0 saturated carbocycles. The summed E-state index contributed by atoms with van der Waals surface area (Å²) in [5, 5.41) is 29.7. The van der Waals surface area contributed by atoms with Crippen molar-refractivity contribution in [2.24, 2.45) is 0 Å². The Hall–Kier alpha value is -8.97. The van der Waals surface area contributed by atoms with Crippen LogP contribution in [0.15, 0.2) is 96.0 Å². The summed E-state index contributed by atoms with van der Waals surface area (Å²) in [6, 6.07) is 14.7. The van der Waals surface area contributed by atoms with Gasteiger partial charge in [0.2, 0.25) is 35.5 Å². The molecule has 3 heterocycles. The zero-order valence-corrected chi connectivity index (χ0v) is 46.9. The number of anilines is 4. The number of benzene rings is 3. The van der Waals surface area contributed by atoms with Crippen LogP contribution >= 0.6 is 0 Å². The van der Waals surface area contributed by atoms with Crippen molar-refractivity contribution < 1.29 is 95.6 Å². The van der Waals surface area contributed by atoms with E-state index in [-0.39, 0.29) is 109 Å². The summed E-state index contributed by atoms with van der Waals surface area (Å²) in [7, 11) is -5.35. The van der Waals surface area contributed by atoms with Crippen LogP contribution in [0.25, 0.3) is 11.2 Å². The SMILES string of the molecule is Nc1nc(N)c2nc(CNc3ccc(C(=O)N[C@@H](CCCNC(=O)c4ccc(NC(=O)CNC(=O)[C@H](Cc5ccccc5)NC(=O)CNC(=O)CNC(=O)CCCCCN5C(=O)C=CC5=O)cc4S(=O)(=O)[O-])C(=O)O)cc3)cnc2n1.[Na+]. The minimum absolute atomic E-state index is 0. The number of nitrogens with zero attached hydrogens (tertiary/aromatic N) is 5. The Kier molecular flexibility index (Phi) is 23.8. The van der Waals surface area contributed by atoms with E-state index in [2.05, 4.69) is 62.5 Å². The molecule has 13 N–H and O–H groups in total. The second-order valence-corrected chi connectivity index (χ2v) is 19.3. The summed E-state index contributed by atoms with van der Waals surface area (Å²) >= 11 is 0. The van der Waals surface area contributed by atoms with Crippen molar-refractivity contribution in [1.29, 1.82) is 0 Å². The summed E-state index contributed by atoms with van der Waals surface area (Å²) in [5.41, 5.74) is 13.0. The van der Waals surface area contributed by atoms with E-state index < -0.39 is 111 Å². The molecule has 426 valence electrons. The number of imide groups is 1. The molecule has 0 unspecified atom stereocenters. The molecule has 29 nitrogen and oxygen atoms in total. The standard InChI is InChI=1S/C51H57N15O14S.Na/c52-45-44-46(65-51(53)64-45)58-25-33(61-44)24-55-31-14-12-30(13-15-31)47(73)63-35(50(76)77)10-7-20-54-48(74)34-17-16-32(23-37(34)81(78,79)80)60-40(69)28-59-49(75)36(22-29-8-3-1-4-9-29)62-41(70)27-57-39(68)26-56-38(67)11-5-2-6-21-66-42(71)18-19-43(66)72;/h1,3-4,8-9,12-19,23,25,35-36,55H,2,5-7,10-11,20-22,24,26-28H2,(H,54,74)(H,56,67)(H,57,68)(H,59,75)(H,60,69)(H,62,70)(H,63,73)(H,76,77)(H,78,79,80)(H4,52,53,58,64,65);/q;+1/p-1/t35-,36-;/m0./s1. The van der Waals surface area contributed by atoms with Crippen LogP contribution in [0.5, 0.6) is 0 Å². The Morgan fingerprint density at radius 1 is 0.695 bits per heavy atom. The number of unbranched alkanes of at least 4 members (excludes halogenated alkanes) is 2. The fourth-order valence-corrected chi connectivity index (χ4v) is 8.49. The number of nitrogens with one attached hydrogen (secondary N) is 8. The number of hydrogen-bond acceptors (Lipinski definition) is 20. The Morgan fingerprint density at radius 2 is 1.37 bits per heavy atom. The molecule has 0 spiro atoms. The first-order chi connectivity index (χ1) is 38.6. The van der Waals surface area contributed by atoms with E-state index in [9.17, 15) is 66.0 Å². The molecule has 0 aliphatic carbocycles. The van der Waals surface area contributed by atoms with Gasteiger partial charge in [-0.25, -0.2) is 23.2 Å². The summed E-state index contributed by atoms with van der Waals surface area (Å²) in [5.74, 6) is -7.54. The van der Waals surface area contributed by atoms with E-state index >= 15 is 0 Å². The van der Waals surface area contributed by atoms with Gasteiger partial charge in [-0.1, -0.05) is 36.8 Å². The molecule has 0 radical (unpaired) electrons. The zero-order chi connectivity index (χ0) is 58.6. The third-order valence-corrected chi connectivity index (χ3v) is 12.8. The Bertz CT molecular complexity index is 3340. The molecule has 6 rings (SSSR count). The average Bonchev–Trinajstić information content (AvgIpc) is 3.88. The van der Waals surface area contributed by atoms with Gasteiger partial charge in [0, 0.05) is 55.0 Å². The molecule has 0 bridgehead atoms. The van der Waals surface area contributed by atoms with Gasteiger partial charge < -0.3 is 63.7 Å². The van der Waals surface area contributed by atoms with Crippen LogP contribution < -0.4 is 83.6 Å². The molecular weight excluding hydrogens is 1100 g/mol. The third kappa shape index (κ3) is 19.7. The van der Waals surface area contributed by atoms with Gasteiger partial charge in [-0.3, -0.25) is 48.1 Å². The summed E-state index contributed by atoms with van der Waals surface area (Å²) in [6.45, 7) is -1.54. The van der Waals surface area contributed by atoms with Crippen molar-refractivity contribution >= 4 is 104 Å². The van der Waals surface area contributed by atoms with Crippen LogP contribution in [0.3, 0.4) is 0 Å². The number of hydrogen-bond donors (Lipinski definition) is 11. The van der Waals surface area contributed by atoms with E-state index in [1.54, 1.807) is 42.5 Å². The van der Waals surface area contributed by atoms with Gasteiger partial charge in [0.05, 0.1) is 48.5 Å². The molecule has 9 amide bonds. The van der Waals surface area contributed by atoms with Gasteiger partial charge in [0.25, 0.3) is 23.6 Å². The number of carbonyl (C=O) groups excluding carboxylic acids is 9. The number of amides is 9. The summed E-state index contributed by atoms with van der Waals surface area (Å²) in [6.07, 6.45) is 5.14. The van der Waals surface area contributed by atoms with E-state index in [0.717, 1.165) is 23.1 Å². The number of nitrogens with two attached hydrogens (primary N) is 2. The van der Waals surface area contributed by atoms with Gasteiger partial charge in [-0.2, -0.15) is 9.97 Å². The zero-order valence-electron chi connectivity index (χ0n) is 44.1. The Morgan fingerprint density at radius 3 is 2.06 bits per heavy atom. The first-order valence-electron chi connectivity index (χ1n) is 24.9. The first-order valence-corrected chi connectivity index (χ1v) is 26.3. The minimum atomic E-state index is -5.35. The smallest absolute Gasteiger partial charge is 0.744 e. The molecular formula is C51H56N15NaO14S. The van der Waals surface area contributed by atoms with Gasteiger partial charge in [-0.15, -0.1) is 0 Å². The Labute approximate surface area is 490 Å². The van der Waals surface area contributed by atoms with Crippen molar-refractivity contribution in [2.75, 3.05) is 54.8 Å². The van der Waals surface area contributed by atoms with Crippen LogP contribution in [0.1, 0.15) is 70.5 Å². The molecule has 82 heavy (non-hydrogen) atoms. The number of carboxylic acids is 1. The number of aliphatic carboxylic acids is 1. The number of fused-ring (bicyclic) bond motifs is 1. The minimum Gasteiger partial charge on any atom is -0.744 e. The van der Waals surface area contributed by atoms with Crippen molar-refractivity contribution in [3.05, 3.63) is 114 Å². The molecule has 0 saturated heterocycles. The Balaban J connectivity index is 0.0000123. The number of nitrogen functional groups attached to an aromatic ring is 2. The maximum absolute atomic E-state index is 13.4. The van der Waals surface area contributed by atoms with Crippen LogP contribution in [0, 0.1) is 0 Å². The van der Waals surface area contributed by atoms with E-state index in [1.165, 1.54) is 30.5 Å². The van der Waals surface area contributed by atoms with Crippen LogP contribution in [-0.4, -0.2) is 147 Å². The van der Waals surface area contributed by atoms with Crippen LogP contribution in [0.2, 0.25) is 0 Å². The third-order valence-electron chi connectivity index (χ3n) is 11.9. The molecule has 0 fully saturated rings. The van der Waals surface area contributed by atoms with Crippen LogP contribution in [0.4, 0.5) is 23.1 Å². The number of carbonyl (C=O) groups is 10. The van der Waals surface area contributed by atoms with Crippen LogP contribution in [-0.2, 0) is 61.4 Å². The molecule has 1 aliphatic rings. The van der Waals surface area contributed by atoms with Crippen molar-refractivity contribution in [3.63, 3.8) is 0 Å². The molecule has 2 atom stereocenters. The van der Waals surface area contributed by atoms with Crippen molar-refractivity contribution in [2.45, 2.75) is 68.5 Å². The van der Waals surface area contributed by atoms with Gasteiger partial charge in [-0.05, 0) is 73.7 Å². The molecule has 3 aromatic carbocycles. The van der Waals surface area contributed by atoms with E-state index in [0.29, 0.717) is 36.2 Å². The van der Waals surface area contributed by atoms with E-state index in [4.69, 9.17) is 11.5 Å². The number of aromatic nitrogens is 4. The van der Waals surface area contributed by atoms with Gasteiger partial charge in [0.1, 0.15) is 22.2 Å². The fraction of sp³-hybridized carbons (Fsp3) is 0.294. The first kappa shape index (κ1) is 63.9. The molecule has 31 heteroatoms. The normalized spacial score (nSPS) is 12.5. The maximum Gasteiger partial charge on any atom is 1.00 e.